The highest BCUT2D eigenvalue weighted by Gasteiger charge is 2.25. The number of rotatable bonds is 6. The number of methoxy groups -OCH3 is 1. The van der Waals surface area contributed by atoms with Crippen LogP contribution in [0, 0.1) is 20.8 Å². The van der Waals surface area contributed by atoms with E-state index in [1.165, 1.54) is 18.4 Å². The standard InChI is InChI=1S/C26H24Cl2N4O2S2/c1-14-23(15(2)32(31-14)13-18-19(27)11-8-12-20(18)28)29-26(35)30-24-22(25(33)34-4)21(16(3)36-24)17-9-6-5-7-10-17/h5-12H,13H2,1-4H3,(H2,29,30,35). The van der Waals surface area contributed by atoms with Gasteiger partial charge in [0.1, 0.15) is 10.6 Å². The molecule has 0 atom stereocenters. The van der Waals surface area contributed by atoms with E-state index >= 15 is 0 Å². The van der Waals surface area contributed by atoms with Crippen LogP contribution in [0.15, 0.2) is 48.5 Å². The summed E-state index contributed by atoms with van der Waals surface area (Å²) in [6, 6.07) is 15.2. The molecule has 0 amide bonds. The lowest BCUT2D eigenvalue weighted by Crippen LogP contribution is -2.21. The molecule has 186 valence electrons. The predicted molar refractivity (Wildman–Crippen MR) is 153 cm³/mol. The van der Waals surface area contributed by atoms with E-state index in [2.05, 4.69) is 15.7 Å². The van der Waals surface area contributed by atoms with Crippen molar-refractivity contribution in [2.24, 2.45) is 0 Å². The maximum Gasteiger partial charge on any atom is 0.341 e. The minimum Gasteiger partial charge on any atom is -0.465 e. The van der Waals surface area contributed by atoms with Gasteiger partial charge in [0.05, 0.1) is 30.7 Å². The Morgan fingerprint density at radius 2 is 1.72 bits per heavy atom. The molecule has 0 radical (unpaired) electrons. The number of carbonyl (C=O) groups is 1. The molecule has 0 aliphatic rings. The van der Waals surface area contributed by atoms with Crippen LogP contribution in [0.5, 0.6) is 0 Å². The van der Waals surface area contributed by atoms with Gasteiger partial charge in [-0.15, -0.1) is 11.3 Å². The number of benzene rings is 2. The predicted octanol–water partition coefficient (Wildman–Crippen LogP) is 7.49. The molecule has 0 fully saturated rings. The average Bonchev–Trinajstić information content (AvgIpc) is 3.31. The smallest absolute Gasteiger partial charge is 0.341 e. The number of esters is 1. The highest BCUT2D eigenvalue weighted by molar-refractivity contribution is 7.80. The Hall–Kier alpha value is -2.91. The fraction of sp³-hybridized carbons (Fsp3) is 0.192. The number of ether oxygens (including phenoxy) is 1. The second kappa shape index (κ2) is 11.0. The average molecular weight is 560 g/mol. The summed E-state index contributed by atoms with van der Waals surface area (Å²) in [6.07, 6.45) is 0. The lowest BCUT2D eigenvalue weighted by atomic mass is 10.0. The minimum absolute atomic E-state index is 0.336. The number of thiocarbonyl (C=S) groups is 1. The monoisotopic (exact) mass is 558 g/mol. The van der Waals surface area contributed by atoms with E-state index < -0.39 is 5.97 Å². The maximum atomic E-state index is 12.8. The summed E-state index contributed by atoms with van der Waals surface area (Å²) < 4.78 is 6.93. The summed E-state index contributed by atoms with van der Waals surface area (Å²) in [7, 11) is 1.37. The molecule has 2 N–H and O–H groups in total. The molecule has 4 rings (SSSR count). The highest BCUT2D eigenvalue weighted by Crippen LogP contribution is 2.40. The first-order chi connectivity index (χ1) is 17.2. The number of halogens is 2. The zero-order valence-corrected chi connectivity index (χ0v) is 23.3. The minimum atomic E-state index is -0.430. The van der Waals surface area contributed by atoms with Crippen molar-refractivity contribution in [2.75, 3.05) is 17.7 Å². The van der Waals surface area contributed by atoms with Crippen molar-refractivity contribution in [1.29, 1.82) is 0 Å². The van der Waals surface area contributed by atoms with Crippen LogP contribution in [0.25, 0.3) is 11.1 Å². The molecule has 0 saturated heterocycles. The van der Waals surface area contributed by atoms with E-state index in [1.54, 1.807) is 12.1 Å². The van der Waals surface area contributed by atoms with E-state index in [0.29, 0.717) is 32.3 Å². The second-order valence-corrected chi connectivity index (χ2v) is 10.5. The third-order valence-corrected chi connectivity index (χ3v) is 7.69. The summed E-state index contributed by atoms with van der Waals surface area (Å²) >= 11 is 19.8. The van der Waals surface area contributed by atoms with E-state index in [1.807, 2.05) is 61.9 Å². The third kappa shape index (κ3) is 5.27. The summed E-state index contributed by atoms with van der Waals surface area (Å²) in [5.41, 5.74) is 5.41. The van der Waals surface area contributed by atoms with Crippen molar-refractivity contribution >= 4 is 68.5 Å². The molecule has 6 nitrogen and oxygen atoms in total. The van der Waals surface area contributed by atoms with Gasteiger partial charge < -0.3 is 15.4 Å². The van der Waals surface area contributed by atoms with Crippen molar-refractivity contribution < 1.29 is 9.53 Å². The van der Waals surface area contributed by atoms with Gasteiger partial charge in [-0.2, -0.15) is 5.10 Å². The number of nitrogens with zero attached hydrogens (tertiary/aromatic N) is 2. The van der Waals surface area contributed by atoms with Crippen LogP contribution in [0.2, 0.25) is 10.0 Å². The largest absolute Gasteiger partial charge is 0.465 e. The number of anilines is 2. The number of hydrogen-bond acceptors (Lipinski definition) is 5. The van der Waals surface area contributed by atoms with Crippen molar-refractivity contribution in [1.82, 2.24) is 9.78 Å². The number of nitrogens with one attached hydrogen (secondary N) is 2. The lowest BCUT2D eigenvalue weighted by molar-refractivity contribution is 0.0603. The first-order valence-corrected chi connectivity index (χ1v) is 13.0. The Morgan fingerprint density at radius 3 is 2.36 bits per heavy atom. The Labute approximate surface area is 229 Å². The maximum absolute atomic E-state index is 12.8. The van der Waals surface area contributed by atoms with Gasteiger partial charge in [0.2, 0.25) is 0 Å². The molecule has 0 spiro atoms. The first kappa shape index (κ1) is 26.2. The SMILES string of the molecule is COC(=O)c1c(NC(=S)Nc2c(C)nn(Cc3c(Cl)cccc3Cl)c2C)sc(C)c1-c1ccccc1. The Kier molecular flexibility index (Phi) is 8.00. The summed E-state index contributed by atoms with van der Waals surface area (Å²) in [5, 5.41) is 13.2. The van der Waals surface area contributed by atoms with E-state index in [9.17, 15) is 4.79 Å². The molecule has 36 heavy (non-hydrogen) atoms. The molecule has 0 unspecified atom stereocenters. The molecular formula is C26H24Cl2N4O2S2. The third-order valence-electron chi connectivity index (χ3n) is 5.75. The summed E-state index contributed by atoms with van der Waals surface area (Å²) in [5.74, 6) is -0.430. The molecule has 4 aromatic rings. The van der Waals surface area contributed by atoms with Crippen LogP contribution in [0.3, 0.4) is 0 Å². The second-order valence-electron chi connectivity index (χ2n) is 8.08. The van der Waals surface area contributed by atoms with E-state index in [-0.39, 0.29) is 0 Å². The number of carbonyl (C=O) groups excluding carboxylic acids is 1. The number of hydrogen-bond donors (Lipinski definition) is 2. The Morgan fingerprint density at radius 1 is 1.06 bits per heavy atom. The molecule has 0 bridgehead atoms. The van der Waals surface area contributed by atoms with Crippen molar-refractivity contribution in [2.45, 2.75) is 27.3 Å². The van der Waals surface area contributed by atoms with Gasteiger partial charge in [-0.05, 0) is 50.7 Å². The Bertz CT molecular complexity index is 1430. The normalized spacial score (nSPS) is 10.8. The Balaban J connectivity index is 1.60. The van der Waals surface area contributed by atoms with Gasteiger partial charge >= 0.3 is 5.97 Å². The zero-order valence-electron chi connectivity index (χ0n) is 20.1. The fourth-order valence-electron chi connectivity index (χ4n) is 3.99. The van der Waals surface area contributed by atoms with Crippen LogP contribution >= 0.6 is 46.8 Å². The van der Waals surface area contributed by atoms with Gasteiger partial charge in [-0.3, -0.25) is 4.68 Å². The van der Waals surface area contributed by atoms with E-state index in [4.69, 9.17) is 40.2 Å². The summed E-state index contributed by atoms with van der Waals surface area (Å²) in [6.45, 7) is 6.23. The van der Waals surface area contributed by atoms with Gasteiger partial charge in [0.25, 0.3) is 0 Å². The quantitative estimate of drug-likeness (QED) is 0.189. The summed E-state index contributed by atoms with van der Waals surface area (Å²) in [4.78, 5) is 13.7. The van der Waals surface area contributed by atoms with Gasteiger partial charge in [0, 0.05) is 26.0 Å². The zero-order chi connectivity index (χ0) is 26.0. The molecule has 10 heteroatoms. The number of thiophene rings is 1. The van der Waals surface area contributed by atoms with Crippen molar-refractivity contribution in [3.63, 3.8) is 0 Å². The van der Waals surface area contributed by atoms with Crippen molar-refractivity contribution in [3.8, 4) is 11.1 Å². The van der Waals surface area contributed by atoms with Gasteiger partial charge in [0.15, 0.2) is 5.11 Å². The molecule has 0 aliphatic carbocycles. The van der Waals surface area contributed by atoms with Crippen LogP contribution in [-0.2, 0) is 11.3 Å². The van der Waals surface area contributed by atoms with Gasteiger partial charge in [-0.1, -0.05) is 59.6 Å². The molecule has 0 aliphatic heterocycles. The number of aryl methyl sites for hydroxylation is 2. The first-order valence-electron chi connectivity index (χ1n) is 11.0. The van der Waals surface area contributed by atoms with Crippen LogP contribution < -0.4 is 10.6 Å². The lowest BCUT2D eigenvalue weighted by Gasteiger charge is -2.12. The molecule has 2 aromatic carbocycles. The van der Waals surface area contributed by atoms with Crippen LogP contribution in [0.4, 0.5) is 10.7 Å². The number of aromatic nitrogens is 2. The van der Waals surface area contributed by atoms with Crippen LogP contribution in [0.1, 0.15) is 32.2 Å². The fourth-order valence-corrected chi connectivity index (χ4v) is 5.85. The molecule has 0 saturated carbocycles. The van der Waals surface area contributed by atoms with Crippen LogP contribution in [-0.4, -0.2) is 28.0 Å². The topological polar surface area (TPSA) is 68.2 Å². The highest BCUT2D eigenvalue weighted by atomic mass is 35.5. The van der Waals surface area contributed by atoms with Gasteiger partial charge in [-0.25, -0.2) is 4.79 Å². The van der Waals surface area contributed by atoms with Crippen molar-refractivity contribution in [3.05, 3.63) is 86.0 Å². The van der Waals surface area contributed by atoms with E-state index in [0.717, 1.165) is 38.6 Å². The molecule has 2 aromatic heterocycles. The molecular weight excluding hydrogens is 535 g/mol. The molecule has 2 heterocycles.